The van der Waals surface area contributed by atoms with Crippen LogP contribution >= 0.6 is 22.7 Å². The molecule has 0 spiro atoms. The fraction of sp³-hybridized carbons (Fsp3) is 0. The molecule has 2 nitrogen and oxygen atoms in total. The number of nitrogens with zero attached hydrogens (tertiary/aromatic N) is 2. The maximum atomic E-state index is 5.03. The second kappa shape index (κ2) is 16.7. The van der Waals surface area contributed by atoms with Crippen molar-refractivity contribution in [1.82, 2.24) is 4.98 Å². The summed E-state index contributed by atoms with van der Waals surface area (Å²) < 4.78 is 3.84. The van der Waals surface area contributed by atoms with Crippen LogP contribution in [0.3, 0.4) is 0 Å². The van der Waals surface area contributed by atoms with Gasteiger partial charge in [-0.25, -0.2) is 4.98 Å². The molecule has 0 aliphatic carbocycles. The van der Waals surface area contributed by atoms with Crippen LogP contribution in [0.2, 0.25) is 0 Å². The van der Waals surface area contributed by atoms with Crippen molar-refractivity contribution in [2.75, 3.05) is 4.90 Å². The lowest BCUT2D eigenvalue weighted by Crippen LogP contribution is -2.10. The smallest absolute Gasteiger partial charge is 0.124 e. The van der Waals surface area contributed by atoms with Crippen molar-refractivity contribution in [2.24, 2.45) is 0 Å². The minimum absolute atomic E-state index is 1.06. The number of hydrogen-bond acceptors (Lipinski definition) is 4. The summed E-state index contributed by atoms with van der Waals surface area (Å²) in [7, 11) is 0. The molecule has 4 heteroatoms. The van der Waals surface area contributed by atoms with Gasteiger partial charge in [0, 0.05) is 42.8 Å². The Balaban J connectivity index is 0.887. The van der Waals surface area contributed by atoms with Crippen LogP contribution in [-0.2, 0) is 0 Å². The summed E-state index contributed by atoms with van der Waals surface area (Å²) in [5.74, 6) is 0. The van der Waals surface area contributed by atoms with Crippen molar-refractivity contribution in [3.63, 3.8) is 0 Å². The van der Waals surface area contributed by atoms with Crippen molar-refractivity contribution in [1.29, 1.82) is 0 Å². The number of benzene rings is 10. The number of hydrogen-bond donors (Lipinski definition) is 0. The van der Waals surface area contributed by atoms with Gasteiger partial charge in [0.2, 0.25) is 0 Å². The summed E-state index contributed by atoms with van der Waals surface area (Å²) in [4.78, 5) is 7.40. The van der Waals surface area contributed by atoms with Gasteiger partial charge in [0.15, 0.2) is 0 Å². The standard InChI is InChI=1S/C61H40N2S2/c1-4-11-41(12-5-1)43-19-21-45(22-20-43)46-27-32-52(33-28-46)63(54-18-10-17-50(39-54)47-25-23-44(24-26-47)42-13-6-2-7-14-42)53-34-29-48(30-35-53)51-31-36-55-58(40-51)64-57-38-37-56-60(59(55)57)65-61(62-56)49-15-8-3-9-16-49/h1-40H. The molecular formula is C61H40N2S2. The first kappa shape index (κ1) is 38.8. The van der Waals surface area contributed by atoms with Gasteiger partial charge < -0.3 is 4.90 Å². The van der Waals surface area contributed by atoms with Gasteiger partial charge >= 0.3 is 0 Å². The number of thiazole rings is 1. The molecule has 0 radical (unpaired) electrons. The van der Waals surface area contributed by atoms with Crippen LogP contribution in [0.15, 0.2) is 243 Å². The van der Waals surface area contributed by atoms with E-state index >= 15 is 0 Å². The van der Waals surface area contributed by atoms with Gasteiger partial charge in [-0.2, -0.15) is 0 Å². The molecule has 2 aromatic heterocycles. The molecule has 0 bridgehead atoms. The van der Waals surface area contributed by atoms with Crippen LogP contribution < -0.4 is 4.90 Å². The van der Waals surface area contributed by atoms with Gasteiger partial charge in [0.25, 0.3) is 0 Å². The van der Waals surface area contributed by atoms with Crippen LogP contribution in [0.5, 0.6) is 0 Å². The van der Waals surface area contributed by atoms with Crippen molar-refractivity contribution >= 4 is 70.1 Å². The molecular weight excluding hydrogens is 825 g/mol. The summed E-state index contributed by atoms with van der Waals surface area (Å²) in [6.07, 6.45) is 0. The Labute approximate surface area is 386 Å². The molecule has 0 saturated heterocycles. The Morgan fingerprint density at radius 3 is 1.26 bits per heavy atom. The highest BCUT2D eigenvalue weighted by Crippen LogP contribution is 2.44. The second-order valence-corrected chi connectivity index (χ2v) is 18.4. The lowest BCUT2D eigenvalue weighted by atomic mass is 9.99. The molecule has 12 rings (SSSR count). The molecule has 0 aliphatic heterocycles. The largest absolute Gasteiger partial charge is 0.310 e. The van der Waals surface area contributed by atoms with Crippen molar-refractivity contribution < 1.29 is 0 Å². The van der Waals surface area contributed by atoms with Crippen molar-refractivity contribution in [2.45, 2.75) is 0 Å². The summed E-state index contributed by atoms with van der Waals surface area (Å²) in [5.41, 5.74) is 17.5. The van der Waals surface area contributed by atoms with Gasteiger partial charge in [0.05, 0.1) is 10.2 Å². The number of fused-ring (bicyclic) bond motifs is 5. The second-order valence-electron chi connectivity index (χ2n) is 16.4. The predicted molar refractivity (Wildman–Crippen MR) is 280 cm³/mol. The van der Waals surface area contributed by atoms with Gasteiger partial charge in [-0.15, -0.1) is 22.7 Å². The van der Waals surface area contributed by atoms with Gasteiger partial charge in [-0.1, -0.05) is 188 Å². The van der Waals surface area contributed by atoms with Crippen LogP contribution in [0, 0.1) is 0 Å². The molecule has 0 fully saturated rings. The lowest BCUT2D eigenvalue weighted by molar-refractivity contribution is 1.28. The Morgan fingerprint density at radius 2 is 0.723 bits per heavy atom. The normalized spacial score (nSPS) is 11.4. The first-order valence-electron chi connectivity index (χ1n) is 21.9. The van der Waals surface area contributed by atoms with Gasteiger partial charge in [-0.05, 0) is 110 Å². The summed E-state index contributed by atoms with van der Waals surface area (Å²) in [6, 6.07) is 87.6. The molecule has 12 aromatic rings. The van der Waals surface area contributed by atoms with Crippen molar-refractivity contribution in [3.8, 4) is 66.2 Å². The Morgan fingerprint density at radius 1 is 0.292 bits per heavy atom. The van der Waals surface area contributed by atoms with Gasteiger partial charge in [0.1, 0.15) is 5.01 Å². The fourth-order valence-electron chi connectivity index (χ4n) is 8.98. The highest BCUT2D eigenvalue weighted by atomic mass is 32.1. The molecule has 2 heterocycles. The van der Waals surface area contributed by atoms with E-state index in [2.05, 4.69) is 248 Å². The molecule has 0 amide bonds. The van der Waals surface area contributed by atoms with Crippen LogP contribution in [0.25, 0.3) is 96.6 Å². The van der Waals surface area contributed by atoms with E-state index in [9.17, 15) is 0 Å². The first-order valence-corrected chi connectivity index (χ1v) is 23.6. The summed E-state index contributed by atoms with van der Waals surface area (Å²) in [5, 5.41) is 3.66. The highest BCUT2D eigenvalue weighted by molar-refractivity contribution is 7.28. The zero-order valence-electron chi connectivity index (χ0n) is 35.3. The Kier molecular flexibility index (Phi) is 9.94. The summed E-state index contributed by atoms with van der Waals surface area (Å²) in [6.45, 7) is 0. The molecule has 65 heavy (non-hydrogen) atoms. The number of rotatable bonds is 9. The molecule has 0 unspecified atom stereocenters. The first-order chi connectivity index (χ1) is 32.2. The zero-order chi connectivity index (χ0) is 43.1. The summed E-state index contributed by atoms with van der Waals surface area (Å²) >= 11 is 3.65. The van der Waals surface area contributed by atoms with E-state index in [-0.39, 0.29) is 0 Å². The SMILES string of the molecule is c1ccc(-c2ccc(-c3ccc(N(c4ccc(-c5ccc6c(c5)sc5ccc7nc(-c8ccccc8)sc7c56)cc4)c4cccc(-c5ccc(-c6ccccc6)cc5)c4)cc3)cc2)cc1. The molecule has 0 aliphatic rings. The van der Waals surface area contributed by atoms with E-state index in [1.54, 1.807) is 11.3 Å². The zero-order valence-corrected chi connectivity index (χ0v) is 36.9. The van der Waals surface area contributed by atoms with E-state index in [4.69, 9.17) is 4.98 Å². The predicted octanol–water partition coefficient (Wildman–Crippen LogP) is 18.1. The third kappa shape index (κ3) is 7.49. The molecule has 0 N–H and O–H groups in total. The van der Waals surface area contributed by atoms with E-state index in [0.717, 1.165) is 33.1 Å². The average molecular weight is 865 g/mol. The van der Waals surface area contributed by atoms with E-state index in [1.165, 1.54) is 80.5 Å². The minimum Gasteiger partial charge on any atom is -0.310 e. The maximum absolute atomic E-state index is 5.03. The third-order valence-electron chi connectivity index (χ3n) is 12.4. The lowest BCUT2D eigenvalue weighted by Gasteiger charge is -2.26. The van der Waals surface area contributed by atoms with Crippen LogP contribution in [-0.4, -0.2) is 4.98 Å². The van der Waals surface area contributed by atoms with E-state index in [0.29, 0.717) is 0 Å². The van der Waals surface area contributed by atoms with E-state index in [1.807, 2.05) is 11.3 Å². The topological polar surface area (TPSA) is 16.1 Å². The van der Waals surface area contributed by atoms with E-state index < -0.39 is 0 Å². The molecule has 0 atom stereocenters. The average Bonchev–Trinajstić information content (AvgIpc) is 4.00. The number of anilines is 3. The number of aromatic nitrogens is 1. The highest BCUT2D eigenvalue weighted by Gasteiger charge is 2.17. The van der Waals surface area contributed by atoms with Crippen LogP contribution in [0.1, 0.15) is 0 Å². The van der Waals surface area contributed by atoms with Crippen LogP contribution in [0.4, 0.5) is 17.1 Å². The maximum Gasteiger partial charge on any atom is 0.124 e. The minimum atomic E-state index is 1.06. The molecule has 306 valence electrons. The third-order valence-corrected chi connectivity index (χ3v) is 14.6. The fourth-order valence-corrected chi connectivity index (χ4v) is 11.3. The number of thiophene rings is 1. The molecule has 0 saturated carbocycles. The van der Waals surface area contributed by atoms with Gasteiger partial charge in [-0.3, -0.25) is 0 Å². The Bertz CT molecular complexity index is 3600. The molecule has 10 aromatic carbocycles. The Hall–Kier alpha value is -7.89. The quantitative estimate of drug-likeness (QED) is 0.144. The monoisotopic (exact) mass is 864 g/mol. The van der Waals surface area contributed by atoms with Crippen molar-refractivity contribution in [3.05, 3.63) is 243 Å².